The Labute approximate surface area is 242 Å². The van der Waals surface area contributed by atoms with Gasteiger partial charge in [-0.2, -0.15) is 0 Å². The number of fused-ring (bicyclic) bond motifs is 6. The highest BCUT2D eigenvalue weighted by molar-refractivity contribution is 6.02. The quantitative estimate of drug-likeness (QED) is 0.207. The van der Waals surface area contributed by atoms with Crippen molar-refractivity contribution in [3.8, 4) is 22.5 Å². The predicted molar refractivity (Wildman–Crippen MR) is 178 cm³/mol. The van der Waals surface area contributed by atoms with Crippen molar-refractivity contribution in [2.75, 3.05) is 0 Å². The van der Waals surface area contributed by atoms with Crippen LogP contribution >= 0.6 is 0 Å². The second-order valence-electron chi connectivity index (χ2n) is 11.2. The van der Waals surface area contributed by atoms with Gasteiger partial charge >= 0.3 is 0 Å². The smallest absolute Gasteiger partial charge is 0.0715 e. The molecule has 0 N–H and O–H groups in total. The third-order valence-electron chi connectivity index (χ3n) is 8.50. The molecule has 2 aromatic heterocycles. The minimum absolute atomic E-state index is 0.987. The second kappa shape index (κ2) is 8.95. The first kappa shape index (κ1) is 23.1. The molecule has 0 amide bonds. The molecular formula is C40H24N2. The van der Waals surface area contributed by atoms with Crippen LogP contribution in [-0.2, 0) is 0 Å². The van der Waals surface area contributed by atoms with E-state index in [2.05, 4.69) is 146 Å². The summed E-state index contributed by atoms with van der Waals surface area (Å²) in [5, 5.41) is 12.1. The number of pyridine rings is 2. The summed E-state index contributed by atoms with van der Waals surface area (Å²) >= 11 is 0. The molecule has 9 rings (SSSR count). The zero-order valence-electron chi connectivity index (χ0n) is 22.8. The van der Waals surface area contributed by atoms with Crippen molar-refractivity contribution >= 4 is 64.9 Å². The molecule has 0 atom stereocenters. The molecule has 0 saturated carbocycles. The van der Waals surface area contributed by atoms with Crippen LogP contribution in [0.4, 0.5) is 0 Å². The highest BCUT2D eigenvalue weighted by atomic mass is 14.7. The monoisotopic (exact) mass is 532 g/mol. The summed E-state index contributed by atoms with van der Waals surface area (Å²) in [6, 6.07) is 52.2. The molecule has 0 aliphatic carbocycles. The lowest BCUT2D eigenvalue weighted by atomic mass is 9.98. The third kappa shape index (κ3) is 3.81. The molecule has 2 heteroatoms. The highest BCUT2D eigenvalue weighted by Crippen LogP contribution is 2.32. The summed E-state index contributed by atoms with van der Waals surface area (Å²) < 4.78 is 0. The maximum absolute atomic E-state index is 5.05. The summed E-state index contributed by atoms with van der Waals surface area (Å²) in [5.41, 5.74) is 6.26. The Kier molecular flexibility index (Phi) is 4.93. The molecule has 0 saturated heterocycles. The normalized spacial score (nSPS) is 11.8. The van der Waals surface area contributed by atoms with Crippen molar-refractivity contribution in [2.45, 2.75) is 0 Å². The number of hydrogen-bond donors (Lipinski definition) is 0. The topological polar surface area (TPSA) is 25.8 Å². The molecule has 194 valence electrons. The van der Waals surface area contributed by atoms with Crippen molar-refractivity contribution in [1.29, 1.82) is 0 Å². The number of benzene rings is 7. The van der Waals surface area contributed by atoms with E-state index in [1.165, 1.54) is 43.1 Å². The molecule has 7 aromatic carbocycles. The third-order valence-corrected chi connectivity index (χ3v) is 8.50. The Balaban J connectivity index is 1.13. The lowest BCUT2D eigenvalue weighted by Gasteiger charge is -2.09. The number of nitrogens with zero attached hydrogens (tertiary/aromatic N) is 2. The molecular weight excluding hydrogens is 508 g/mol. The molecule has 0 bridgehead atoms. The fourth-order valence-corrected chi connectivity index (χ4v) is 6.26. The van der Waals surface area contributed by atoms with Crippen molar-refractivity contribution in [3.63, 3.8) is 0 Å². The lowest BCUT2D eigenvalue weighted by Crippen LogP contribution is -1.88. The average molecular weight is 533 g/mol. The van der Waals surface area contributed by atoms with Crippen LogP contribution in [0.15, 0.2) is 146 Å². The highest BCUT2D eigenvalue weighted by Gasteiger charge is 2.08. The van der Waals surface area contributed by atoms with Gasteiger partial charge in [0.25, 0.3) is 0 Å². The SMILES string of the molecule is c1ccc2cc3nc(-c4ccc5cc6ccc(-c7ccc8cc9ccccc9cc8n7)cc6cc5c4)ccc3cc2c1. The van der Waals surface area contributed by atoms with E-state index in [0.29, 0.717) is 0 Å². The molecule has 0 spiro atoms. The predicted octanol–water partition coefficient (Wildman–Crippen LogP) is 10.7. The van der Waals surface area contributed by atoms with E-state index in [0.717, 1.165) is 44.3 Å². The molecule has 9 aromatic rings. The van der Waals surface area contributed by atoms with Gasteiger partial charge in [-0.3, -0.25) is 0 Å². The van der Waals surface area contributed by atoms with Crippen molar-refractivity contribution in [1.82, 2.24) is 9.97 Å². The maximum Gasteiger partial charge on any atom is 0.0715 e. The summed E-state index contributed by atoms with van der Waals surface area (Å²) in [6.07, 6.45) is 0. The lowest BCUT2D eigenvalue weighted by molar-refractivity contribution is 1.41. The zero-order chi connectivity index (χ0) is 27.6. The van der Waals surface area contributed by atoms with Crippen LogP contribution in [0.1, 0.15) is 0 Å². The molecule has 0 aliphatic heterocycles. The Morgan fingerprint density at radius 3 is 1.10 bits per heavy atom. The molecule has 2 heterocycles. The molecule has 0 fully saturated rings. The van der Waals surface area contributed by atoms with E-state index in [-0.39, 0.29) is 0 Å². The van der Waals surface area contributed by atoms with Crippen molar-refractivity contribution in [3.05, 3.63) is 146 Å². The van der Waals surface area contributed by atoms with Gasteiger partial charge in [-0.15, -0.1) is 0 Å². The van der Waals surface area contributed by atoms with Crippen LogP contribution in [0, 0.1) is 0 Å². The number of hydrogen-bond acceptors (Lipinski definition) is 2. The average Bonchev–Trinajstić information content (AvgIpc) is 3.04. The van der Waals surface area contributed by atoms with Crippen molar-refractivity contribution < 1.29 is 0 Å². The molecule has 0 radical (unpaired) electrons. The Morgan fingerprint density at radius 1 is 0.262 bits per heavy atom. The van der Waals surface area contributed by atoms with Crippen LogP contribution in [0.5, 0.6) is 0 Å². The summed E-state index contributed by atoms with van der Waals surface area (Å²) in [6.45, 7) is 0. The van der Waals surface area contributed by atoms with Crippen LogP contribution in [0.25, 0.3) is 87.4 Å². The first-order valence-corrected chi connectivity index (χ1v) is 14.3. The molecule has 42 heavy (non-hydrogen) atoms. The van der Waals surface area contributed by atoms with Crippen LogP contribution < -0.4 is 0 Å². The summed E-state index contributed by atoms with van der Waals surface area (Å²) in [7, 11) is 0. The molecule has 0 aliphatic rings. The number of rotatable bonds is 2. The van der Waals surface area contributed by atoms with Crippen molar-refractivity contribution in [2.24, 2.45) is 0 Å². The van der Waals surface area contributed by atoms with E-state index in [4.69, 9.17) is 9.97 Å². The summed E-state index contributed by atoms with van der Waals surface area (Å²) in [4.78, 5) is 10.1. The van der Waals surface area contributed by atoms with E-state index < -0.39 is 0 Å². The van der Waals surface area contributed by atoms with Gasteiger partial charge in [0, 0.05) is 21.9 Å². The Hall–Kier alpha value is -5.60. The van der Waals surface area contributed by atoms with Crippen LogP contribution in [0.3, 0.4) is 0 Å². The van der Waals surface area contributed by atoms with E-state index >= 15 is 0 Å². The van der Waals surface area contributed by atoms with Gasteiger partial charge in [-0.1, -0.05) is 84.9 Å². The van der Waals surface area contributed by atoms with Crippen LogP contribution in [0.2, 0.25) is 0 Å². The zero-order valence-corrected chi connectivity index (χ0v) is 22.8. The van der Waals surface area contributed by atoms with E-state index in [9.17, 15) is 0 Å². The minimum Gasteiger partial charge on any atom is -0.248 e. The number of aromatic nitrogens is 2. The van der Waals surface area contributed by atoms with Gasteiger partial charge in [-0.25, -0.2) is 9.97 Å². The second-order valence-corrected chi connectivity index (χ2v) is 11.2. The van der Waals surface area contributed by atoms with Gasteiger partial charge in [-0.05, 0) is 104 Å². The largest absolute Gasteiger partial charge is 0.248 e. The van der Waals surface area contributed by atoms with Crippen LogP contribution in [-0.4, -0.2) is 9.97 Å². The molecule has 2 nitrogen and oxygen atoms in total. The first-order valence-electron chi connectivity index (χ1n) is 14.3. The summed E-state index contributed by atoms with van der Waals surface area (Å²) in [5.74, 6) is 0. The van der Waals surface area contributed by atoms with Gasteiger partial charge in [0.2, 0.25) is 0 Å². The van der Waals surface area contributed by atoms with Gasteiger partial charge in [0.15, 0.2) is 0 Å². The van der Waals surface area contributed by atoms with Gasteiger partial charge in [0.05, 0.1) is 22.4 Å². The Bertz CT molecular complexity index is 2350. The Morgan fingerprint density at radius 2 is 0.619 bits per heavy atom. The van der Waals surface area contributed by atoms with E-state index in [1.54, 1.807) is 0 Å². The van der Waals surface area contributed by atoms with Gasteiger partial charge < -0.3 is 0 Å². The minimum atomic E-state index is 0.987. The standard InChI is InChI=1S/C40H24N2/c1-3-7-27-23-39-33(18-25(27)5-1)13-15-37(41-39)31-11-9-29-17-30-10-12-32(21-36(30)22-35(29)20-31)38-16-14-34-19-26-6-2-4-8-28(26)24-40(34)42-38/h1-24H. The maximum atomic E-state index is 5.05. The first-order chi connectivity index (χ1) is 20.7. The fourth-order valence-electron chi connectivity index (χ4n) is 6.26. The fraction of sp³-hybridized carbons (Fsp3) is 0. The molecule has 0 unspecified atom stereocenters. The van der Waals surface area contributed by atoms with E-state index in [1.807, 2.05) is 0 Å². The van der Waals surface area contributed by atoms with Gasteiger partial charge in [0.1, 0.15) is 0 Å².